The standard InChI is InChI=1S/C37H41NO7/c39-28-38-21-22-41-37-36(44-26-32-19-11-4-12-20-32)35(43-25-31-17-9-3-10-18-31)34(42-24-30-15-7-2-8-16-30)33(45-37)27-40-23-29-13-5-1-6-14-29/h1-20,28,33-37H,21-27H2,(H,38,39)/t33-,34-,35+,36-,37-/m1/s1. The molecule has 0 aliphatic carbocycles. The van der Waals surface area contributed by atoms with Crippen LogP contribution in [0.1, 0.15) is 22.3 Å². The molecule has 5 rings (SSSR count). The minimum atomic E-state index is -0.801. The highest BCUT2D eigenvalue weighted by Gasteiger charge is 2.49. The molecule has 1 amide bonds. The number of rotatable bonds is 18. The Bertz CT molecular complexity index is 1360. The molecule has 8 heteroatoms. The van der Waals surface area contributed by atoms with Crippen LogP contribution in [0.2, 0.25) is 0 Å². The van der Waals surface area contributed by atoms with E-state index in [9.17, 15) is 4.79 Å². The Morgan fingerprint density at radius 3 is 1.49 bits per heavy atom. The molecule has 1 heterocycles. The summed E-state index contributed by atoms with van der Waals surface area (Å²) in [5.74, 6) is 0. The van der Waals surface area contributed by atoms with Crippen LogP contribution in [-0.4, -0.2) is 56.9 Å². The molecule has 5 atom stereocenters. The SMILES string of the molecule is O=CNCCO[C@@H]1O[C@H](COCc2ccccc2)[C@@H](OCc2ccccc2)[C@H](OCc2ccccc2)[C@H]1OCc1ccccc1. The minimum absolute atomic E-state index is 0.229. The summed E-state index contributed by atoms with van der Waals surface area (Å²) >= 11 is 0. The second-order valence-corrected chi connectivity index (χ2v) is 10.8. The van der Waals surface area contributed by atoms with Gasteiger partial charge in [0.15, 0.2) is 6.29 Å². The minimum Gasteiger partial charge on any atom is -0.374 e. The molecule has 1 N–H and O–H groups in total. The van der Waals surface area contributed by atoms with Crippen molar-refractivity contribution in [2.75, 3.05) is 19.8 Å². The maximum Gasteiger partial charge on any atom is 0.207 e. The Morgan fingerprint density at radius 2 is 1.00 bits per heavy atom. The van der Waals surface area contributed by atoms with Crippen LogP contribution in [0.25, 0.3) is 0 Å². The maximum atomic E-state index is 10.9. The Hall–Kier alpha value is -3.89. The fourth-order valence-corrected chi connectivity index (χ4v) is 5.17. The lowest BCUT2D eigenvalue weighted by molar-refractivity contribution is -0.328. The van der Waals surface area contributed by atoms with Crippen LogP contribution in [0.5, 0.6) is 0 Å². The lowest BCUT2D eigenvalue weighted by atomic mass is 9.97. The average Bonchev–Trinajstić information content (AvgIpc) is 3.10. The van der Waals surface area contributed by atoms with E-state index < -0.39 is 30.7 Å². The van der Waals surface area contributed by atoms with Crippen LogP contribution >= 0.6 is 0 Å². The number of carbonyl (C=O) groups is 1. The normalized spacial score (nSPS) is 21.3. The number of hydrogen-bond donors (Lipinski definition) is 1. The third-order valence-corrected chi connectivity index (χ3v) is 7.45. The van der Waals surface area contributed by atoms with Gasteiger partial charge in [0.1, 0.15) is 24.4 Å². The van der Waals surface area contributed by atoms with Crippen molar-refractivity contribution in [1.29, 1.82) is 0 Å². The van der Waals surface area contributed by atoms with Crippen LogP contribution in [-0.2, 0) is 59.6 Å². The number of benzene rings is 4. The lowest BCUT2D eigenvalue weighted by Gasteiger charge is -2.46. The number of carbonyl (C=O) groups excluding carboxylic acids is 1. The smallest absolute Gasteiger partial charge is 0.207 e. The van der Waals surface area contributed by atoms with Crippen molar-refractivity contribution in [3.63, 3.8) is 0 Å². The van der Waals surface area contributed by atoms with Gasteiger partial charge in [-0.25, -0.2) is 0 Å². The molecule has 1 aliphatic heterocycles. The first-order chi connectivity index (χ1) is 22.3. The average molecular weight is 612 g/mol. The second kappa shape index (κ2) is 18.2. The molecule has 0 saturated carbocycles. The maximum absolute atomic E-state index is 10.9. The Balaban J connectivity index is 1.41. The van der Waals surface area contributed by atoms with E-state index in [-0.39, 0.29) is 13.2 Å². The summed E-state index contributed by atoms with van der Waals surface area (Å²) in [6, 6.07) is 40.0. The molecule has 1 fully saturated rings. The fraction of sp³-hybridized carbons (Fsp3) is 0.324. The summed E-state index contributed by atoms with van der Waals surface area (Å²) < 4.78 is 38.9. The quantitative estimate of drug-likeness (QED) is 0.118. The molecule has 0 radical (unpaired) electrons. The molecule has 4 aromatic rings. The Kier molecular flexibility index (Phi) is 13.1. The van der Waals surface area contributed by atoms with Crippen LogP contribution in [0, 0.1) is 0 Å². The van der Waals surface area contributed by atoms with E-state index in [1.807, 2.05) is 121 Å². The van der Waals surface area contributed by atoms with Crippen LogP contribution in [0.3, 0.4) is 0 Å². The van der Waals surface area contributed by atoms with Gasteiger partial charge >= 0.3 is 0 Å². The first kappa shape index (κ1) is 32.5. The van der Waals surface area contributed by atoms with E-state index in [0.717, 1.165) is 22.3 Å². The van der Waals surface area contributed by atoms with E-state index in [0.29, 0.717) is 39.4 Å². The van der Waals surface area contributed by atoms with E-state index in [1.165, 1.54) is 0 Å². The summed E-state index contributed by atoms with van der Waals surface area (Å²) in [4.78, 5) is 10.9. The largest absolute Gasteiger partial charge is 0.374 e. The van der Waals surface area contributed by atoms with E-state index in [2.05, 4.69) is 5.32 Å². The third kappa shape index (κ3) is 10.3. The highest BCUT2D eigenvalue weighted by molar-refractivity contribution is 5.45. The number of nitrogens with one attached hydrogen (secondary N) is 1. The topological polar surface area (TPSA) is 84.5 Å². The zero-order valence-electron chi connectivity index (χ0n) is 25.3. The van der Waals surface area contributed by atoms with Gasteiger partial charge in [-0.1, -0.05) is 121 Å². The van der Waals surface area contributed by atoms with Gasteiger partial charge < -0.3 is 33.7 Å². The van der Waals surface area contributed by atoms with E-state index >= 15 is 0 Å². The number of amides is 1. The van der Waals surface area contributed by atoms with Gasteiger partial charge in [-0.05, 0) is 22.3 Å². The molecule has 1 aliphatic rings. The summed E-state index contributed by atoms with van der Waals surface area (Å²) in [5, 5.41) is 2.65. The van der Waals surface area contributed by atoms with Crippen molar-refractivity contribution in [3.8, 4) is 0 Å². The third-order valence-electron chi connectivity index (χ3n) is 7.45. The summed E-state index contributed by atoms with van der Waals surface area (Å²) in [5.41, 5.74) is 4.12. The van der Waals surface area contributed by atoms with Gasteiger partial charge in [0.05, 0.1) is 39.6 Å². The molecule has 1 saturated heterocycles. The van der Waals surface area contributed by atoms with Crippen molar-refractivity contribution in [3.05, 3.63) is 144 Å². The molecular formula is C37H41NO7. The van der Waals surface area contributed by atoms with Gasteiger partial charge in [0, 0.05) is 6.54 Å². The van der Waals surface area contributed by atoms with Gasteiger partial charge in [-0.3, -0.25) is 4.79 Å². The Morgan fingerprint density at radius 1 is 0.556 bits per heavy atom. The van der Waals surface area contributed by atoms with E-state index in [4.69, 9.17) is 28.4 Å². The molecule has 4 aromatic carbocycles. The van der Waals surface area contributed by atoms with Gasteiger partial charge in [0.25, 0.3) is 0 Å². The first-order valence-electron chi connectivity index (χ1n) is 15.3. The predicted octanol–water partition coefficient (Wildman–Crippen LogP) is 5.45. The lowest BCUT2D eigenvalue weighted by Crippen LogP contribution is -2.62. The van der Waals surface area contributed by atoms with Crippen molar-refractivity contribution >= 4 is 6.41 Å². The Labute approximate surface area is 265 Å². The van der Waals surface area contributed by atoms with Crippen molar-refractivity contribution < 1.29 is 33.2 Å². The van der Waals surface area contributed by atoms with Crippen LogP contribution < -0.4 is 5.32 Å². The molecule has 236 valence electrons. The number of ether oxygens (including phenoxy) is 6. The molecule has 0 bridgehead atoms. The highest BCUT2D eigenvalue weighted by Crippen LogP contribution is 2.31. The summed E-state index contributed by atoms with van der Waals surface area (Å²) in [7, 11) is 0. The summed E-state index contributed by atoms with van der Waals surface area (Å²) in [6.07, 6.45) is -2.44. The van der Waals surface area contributed by atoms with E-state index in [1.54, 1.807) is 0 Å². The molecule has 0 spiro atoms. The second-order valence-electron chi connectivity index (χ2n) is 10.8. The van der Waals surface area contributed by atoms with Crippen LogP contribution in [0.15, 0.2) is 121 Å². The van der Waals surface area contributed by atoms with Gasteiger partial charge in [-0.2, -0.15) is 0 Å². The molecule has 8 nitrogen and oxygen atoms in total. The fourth-order valence-electron chi connectivity index (χ4n) is 5.17. The zero-order valence-corrected chi connectivity index (χ0v) is 25.3. The summed E-state index contributed by atoms with van der Waals surface area (Å²) in [6.45, 7) is 2.25. The van der Waals surface area contributed by atoms with Crippen molar-refractivity contribution in [1.82, 2.24) is 5.32 Å². The zero-order chi connectivity index (χ0) is 30.9. The van der Waals surface area contributed by atoms with Crippen LogP contribution in [0.4, 0.5) is 0 Å². The highest BCUT2D eigenvalue weighted by atomic mass is 16.7. The molecule has 0 unspecified atom stereocenters. The monoisotopic (exact) mass is 611 g/mol. The predicted molar refractivity (Wildman–Crippen MR) is 170 cm³/mol. The van der Waals surface area contributed by atoms with Gasteiger partial charge in [-0.15, -0.1) is 0 Å². The first-order valence-corrected chi connectivity index (χ1v) is 15.3. The van der Waals surface area contributed by atoms with Crippen molar-refractivity contribution in [2.24, 2.45) is 0 Å². The van der Waals surface area contributed by atoms with Crippen molar-refractivity contribution in [2.45, 2.75) is 57.1 Å². The van der Waals surface area contributed by atoms with Gasteiger partial charge in [0.2, 0.25) is 6.41 Å². The molecular weight excluding hydrogens is 570 g/mol. The number of hydrogen-bond acceptors (Lipinski definition) is 7. The molecule has 45 heavy (non-hydrogen) atoms. The molecule has 0 aromatic heterocycles.